The second-order valence-electron chi connectivity index (χ2n) is 5.22. The van der Waals surface area contributed by atoms with E-state index in [1.807, 2.05) is 0 Å². The smallest absolute Gasteiger partial charge is 0.323 e. The summed E-state index contributed by atoms with van der Waals surface area (Å²) in [6.07, 6.45) is 1.84. The summed E-state index contributed by atoms with van der Waals surface area (Å²) in [5.74, 6) is -1.42. The van der Waals surface area contributed by atoms with Gasteiger partial charge in [-0.3, -0.25) is 24.2 Å². The van der Waals surface area contributed by atoms with Gasteiger partial charge in [-0.2, -0.15) is 0 Å². The quantitative estimate of drug-likeness (QED) is 0.665. The van der Waals surface area contributed by atoms with Crippen LogP contribution < -0.4 is 0 Å². The lowest BCUT2D eigenvalue weighted by molar-refractivity contribution is -0.153. The number of likely N-dealkylation sites (tertiary alicyclic amines) is 1. The molecule has 1 saturated carbocycles. The van der Waals surface area contributed by atoms with E-state index >= 15 is 0 Å². The molecule has 104 valence electrons. The summed E-state index contributed by atoms with van der Waals surface area (Å²) in [5.41, 5.74) is 0. The highest BCUT2D eigenvalue weighted by Crippen LogP contribution is 2.33. The number of carbonyl (C=O) groups excluding carboxylic acids is 2. The number of rotatable bonds is 3. The number of hydrogen-bond donors (Lipinski definition) is 1. The molecule has 0 aromatic heterocycles. The molecule has 3 aliphatic rings. The lowest BCUT2D eigenvalue weighted by Gasteiger charge is -2.35. The van der Waals surface area contributed by atoms with Crippen molar-refractivity contribution < 1.29 is 24.2 Å². The Morgan fingerprint density at radius 1 is 1.32 bits per heavy atom. The lowest BCUT2D eigenvalue weighted by Crippen LogP contribution is -2.56. The van der Waals surface area contributed by atoms with Gasteiger partial charge < -0.3 is 9.84 Å². The Morgan fingerprint density at radius 3 is 2.68 bits per heavy atom. The lowest BCUT2D eigenvalue weighted by atomic mass is 10.1. The maximum absolute atomic E-state index is 12.3. The Labute approximate surface area is 110 Å². The fraction of sp³-hybridized carbons (Fsp3) is 0.750. The molecule has 3 fully saturated rings. The molecule has 7 nitrogen and oxygen atoms in total. The van der Waals surface area contributed by atoms with E-state index in [0.29, 0.717) is 13.2 Å². The van der Waals surface area contributed by atoms with Gasteiger partial charge in [0, 0.05) is 12.6 Å². The van der Waals surface area contributed by atoms with E-state index in [-0.39, 0.29) is 30.9 Å². The van der Waals surface area contributed by atoms with Crippen molar-refractivity contribution in [3.8, 4) is 0 Å². The van der Waals surface area contributed by atoms with Crippen LogP contribution in [0, 0.1) is 0 Å². The van der Waals surface area contributed by atoms with Gasteiger partial charge >= 0.3 is 5.97 Å². The Kier molecular flexibility index (Phi) is 3.02. The molecule has 2 saturated heterocycles. The first-order chi connectivity index (χ1) is 9.09. The van der Waals surface area contributed by atoms with Gasteiger partial charge in [0.2, 0.25) is 11.8 Å². The van der Waals surface area contributed by atoms with Crippen LogP contribution >= 0.6 is 0 Å². The van der Waals surface area contributed by atoms with E-state index in [2.05, 4.69) is 0 Å². The molecular weight excluding hydrogens is 252 g/mol. The van der Waals surface area contributed by atoms with Crippen LogP contribution in [0.2, 0.25) is 0 Å². The molecular formula is C12H16N2O5. The van der Waals surface area contributed by atoms with Gasteiger partial charge in [-0.05, 0) is 12.8 Å². The molecule has 0 aromatic carbocycles. The molecule has 2 unspecified atom stereocenters. The number of nitrogens with zero attached hydrogens (tertiary/aromatic N) is 2. The molecule has 0 aromatic rings. The number of carboxylic acid groups (broad SMARTS) is 1. The molecule has 1 N–H and O–H groups in total. The number of aliphatic carboxylic acids is 1. The molecule has 7 heteroatoms. The second kappa shape index (κ2) is 4.57. The third kappa shape index (κ3) is 2.12. The average molecular weight is 268 g/mol. The van der Waals surface area contributed by atoms with E-state index in [0.717, 1.165) is 12.8 Å². The topological polar surface area (TPSA) is 87.2 Å². The van der Waals surface area contributed by atoms with Crippen molar-refractivity contribution in [2.75, 3.05) is 19.8 Å². The number of carboxylic acids is 1. The molecule has 1 aliphatic carbocycles. The number of ether oxygens (including phenoxy) is 1. The highest BCUT2D eigenvalue weighted by atomic mass is 16.5. The monoisotopic (exact) mass is 268 g/mol. The number of hydrogen-bond acceptors (Lipinski definition) is 5. The van der Waals surface area contributed by atoms with Crippen LogP contribution in [0.4, 0.5) is 0 Å². The molecule has 0 spiro atoms. The zero-order valence-electron chi connectivity index (χ0n) is 10.4. The summed E-state index contributed by atoms with van der Waals surface area (Å²) in [6.45, 7) is 0.834. The molecule has 2 amide bonds. The first-order valence-corrected chi connectivity index (χ1v) is 6.52. The predicted molar refractivity (Wildman–Crippen MR) is 62.2 cm³/mol. The summed E-state index contributed by atoms with van der Waals surface area (Å²) in [6, 6.07) is -1.41. The van der Waals surface area contributed by atoms with Crippen molar-refractivity contribution >= 4 is 17.8 Å². The van der Waals surface area contributed by atoms with Crippen LogP contribution in [0.3, 0.4) is 0 Å². The normalized spacial score (nSPS) is 32.9. The van der Waals surface area contributed by atoms with Crippen LogP contribution in [0.25, 0.3) is 0 Å². The van der Waals surface area contributed by atoms with Gasteiger partial charge in [-0.15, -0.1) is 0 Å². The fourth-order valence-electron chi connectivity index (χ4n) is 2.81. The van der Waals surface area contributed by atoms with E-state index < -0.39 is 18.1 Å². The highest BCUT2D eigenvalue weighted by molar-refractivity contribution is 6.06. The number of amides is 2. The Bertz CT molecular complexity index is 434. The fourth-order valence-corrected chi connectivity index (χ4v) is 2.81. The first kappa shape index (κ1) is 12.6. The average Bonchev–Trinajstić information content (AvgIpc) is 3.16. The van der Waals surface area contributed by atoms with Crippen molar-refractivity contribution in [3.63, 3.8) is 0 Å². The highest BCUT2D eigenvalue weighted by Gasteiger charge is 2.50. The predicted octanol–water partition coefficient (Wildman–Crippen LogP) is -0.938. The van der Waals surface area contributed by atoms with E-state index in [1.165, 1.54) is 4.90 Å². The van der Waals surface area contributed by atoms with Gasteiger partial charge in [0.05, 0.1) is 25.7 Å². The van der Waals surface area contributed by atoms with Crippen molar-refractivity contribution in [3.05, 3.63) is 0 Å². The first-order valence-electron chi connectivity index (χ1n) is 6.52. The van der Waals surface area contributed by atoms with Gasteiger partial charge in [-0.1, -0.05) is 0 Å². The molecule has 2 aliphatic heterocycles. The zero-order valence-corrected chi connectivity index (χ0v) is 10.4. The van der Waals surface area contributed by atoms with E-state index in [9.17, 15) is 19.5 Å². The maximum Gasteiger partial charge on any atom is 0.323 e. The minimum absolute atomic E-state index is 0.0503. The largest absolute Gasteiger partial charge is 0.480 e. The third-order valence-electron chi connectivity index (χ3n) is 3.93. The van der Waals surface area contributed by atoms with Gasteiger partial charge in [-0.25, -0.2) is 0 Å². The van der Waals surface area contributed by atoms with Crippen LogP contribution in [0.1, 0.15) is 19.3 Å². The minimum Gasteiger partial charge on any atom is -0.480 e. The van der Waals surface area contributed by atoms with Crippen molar-refractivity contribution in [2.24, 2.45) is 0 Å². The number of carbonyl (C=O) groups is 3. The van der Waals surface area contributed by atoms with Crippen LogP contribution in [0.15, 0.2) is 0 Å². The zero-order chi connectivity index (χ0) is 13.6. The van der Waals surface area contributed by atoms with Gasteiger partial charge in [0.15, 0.2) is 0 Å². The summed E-state index contributed by atoms with van der Waals surface area (Å²) in [5, 5.41) is 9.18. The number of morpholine rings is 1. The second-order valence-corrected chi connectivity index (χ2v) is 5.22. The van der Waals surface area contributed by atoms with Crippen molar-refractivity contribution in [1.29, 1.82) is 0 Å². The number of imide groups is 1. The Morgan fingerprint density at radius 2 is 2.05 bits per heavy atom. The molecule has 0 bridgehead atoms. The molecule has 3 rings (SSSR count). The summed E-state index contributed by atoms with van der Waals surface area (Å²) in [7, 11) is 0. The summed E-state index contributed by atoms with van der Waals surface area (Å²) >= 11 is 0. The SMILES string of the molecule is O=C(O)C1COCCN1C1CC(=O)N(C2CC2)C1=O. The molecule has 19 heavy (non-hydrogen) atoms. The Hall–Kier alpha value is -1.47. The van der Waals surface area contributed by atoms with Gasteiger partial charge in [0.25, 0.3) is 0 Å². The molecule has 0 radical (unpaired) electrons. The Balaban J connectivity index is 1.79. The van der Waals surface area contributed by atoms with Crippen LogP contribution in [-0.2, 0) is 19.1 Å². The van der Waals surface area contributed by atoms with Crippen molar-refractivity contribution in [1.82, 2.24) is 9.80 Å². The third-order valence-corrected chi connectivity index (χ3v) is 3.93. The summed E-state index contributed by atoms with van der Waals surface area (Å²) in [4.78, 5) is 38.3. The van der Waals surface area contributed by atoms with Crippen LogP contribution in [0.5, 0.6) is 0 Å². The molecule has 2 heterocycles. The van der Waals surface area contributed by atoms with E-state index in [1.54, 1.807) is 4.90 Å². The van der Waals surface area contributed by atoms with Crippen LogP contribution in [-0.4, -0.2) is 70.6 Å². The van der Waals surface area contributed by atoms with E-state index in [4.69, 9.17) is 4.74 Å². The minimum atomic E-state index is -1.01. The maximum atomic E-state index is 12.3. The summed E-state index contributed by atoms with van der Waals surface area (Å²) < 4.78 is 5.15. The standard InChI is InChI=1S/C12H16N2O5/c15-10-5-8(11(16)14(10)7-1-2-7)13-3-4-19-6-9(13)12(17)18/h7-9H,1-6H2,(H,17,18). The molecule has 2 atom stereocenters. The van der Waals surface area contributed by atoms with Gasteiger partial charge in [0.1, 0.15) is 6.04 Å². The van der Waals surface area contributed by atoms with Crippen molar-refractivity contribution in [2.45, 2.75) is 37.4 Å².